The van der Waals surface area contributed by atoms with Crippen molar-refractivity contribution in [2.24, 2.45) is 0 Å². The van der Waals surface area contributed by atoms with E-state index in [0.29, 0.717) is 12.6 Å². The highest BCUT2D eigenvalue weighted by Gasteiger charge is 2.23. The van der Waals surface area contributed by atoms with E-state index >= 15 is 0 Å². The molecule has 0 amide bonds. The number of nitrogens with one attached hydrogen (secondary N) is 1. The lowest BCUT2D eigenvalue weighted by Crippen LogP contribution is -2.34. The molecule has 2 N–H and O–H groups in total. The van der Waals surface area contributed by atoms with Gasteiger partial charge in [0.15, 0.2) is 0 Å². The summed E-state index contributed by atoms with van der Waals surface area (Å²) in [5, 5.41) is 11.9. The topological polar surface area (TPSA) is 52.6 Å². The number of carboxylic acids is 1. The summed E-state index contributed by atoms with van der Waals surface area (Å²) in [5.74, 6) is -0.744. The summed E-state index contributed by atoms with van der Waals surface area (Å²) in [7, 11) is 0. The second-order valence-corrected chi connectivity index (χ2v) is 5.88. The second-order valence-electron chi connectivity index (χ2n) is 4.96. The first-order valence-electron chi connectivity index (χ1n) is 6.52. The van der Waals surface area contributed by atoms with Gasteiger partial charge in [0.2, 0.25) is 0 Å². The SMILES string of the molecule is Cc1cc(Br)ccc1N1CCC(NCCC(=O)O)C1. The van der Waals surface area contributed by atoms with Crippen molar-refractivity contribution in [2.45, 2.75) is 25.8 Å². The Morgan fingerprint density at radius 2 is 2.37 bits per heavy atom. The average molecular weight is 327 g/mol. The largest absolute Gasteiger partial charge is 0.481 e. The molecule has 1 fully saturated rings. The Balaban J connectivity index is 1.89. The van der Waals surface area contributed by atoms with Gasteiger partial charge in [-0.1, -0.05) is 15.9 Å². The number of anilines is 1. The van der Waals surface area contributed by atoms with Crippen molar-refractivity contribution in [3.63, 3.8) is 0 Å². The van der Waals surface area contributed by atoms with Crippen molar-refractivity contribution in [3.8, 4) is 0 Å². The molecule has 0 radical (unpaired) electrons. The molecule has 0 aliphatic carbocycles. The first-order chi connectivity index (χ1) is 9.06. The number of hydrogen-bond acceptors (Lipinski definition) is 3. The van der Waals surface area contributed by atoms with E-state index in [9.17, 15) is 4.79 Å². The maximum absolute atomic E-state index is 10.5. The van der Waals surface area contributed by atoms with Crippen LogP contribution < -0.4 is 10.2 Å². The Hall–Kier alpha value is -1.07. The van der Waals surface area contributed by atoms with Gasteiger partial charge in [-0.25, -0.2) is 0 Å². The summed E-state index contributed by atoms with van der Waals surface area (Å²) < 4.78 is 1.10. The molecular weight excluding hydrogens is 308 g/mol. The van der Waals surface area contributed by atoms with E-state index in [0.717, 1.165) is 24.0 Å². The average Bonchev–Trinajstić information content (AvgIpc) is 2.77. The number of aryl methyl sites for hydroxylation is 1. The number of carbonyl (C=O) groups is 1. The third-order valence-corrected chi connectivity index (χ3v) is 3.95. The molecule has 1 aliphatic heterocycles. The van der Waals surface area contributed by atoms with Crippen molar-refractivity contribution in [1.29, 1.82) is 0 Å². The van der Waals surface area contributed by atoms with E-state index in [2.05, 4.69) is 51.3 Å². The first-order valence-corrected chi connectivity index (χ1v) is 7.32. The Morgan fingerprint density at radius 3 is 3.05 bits per heavy atom. The number of aliphatic carboxylic acids is 1. The molecular formula is C14H19BrN2O2. The smallest absolute Gasteiger partial charge is 0.304 e. The van der Waals surface area contributed by atoms with Gasteiger partial charge in [0.25, 0.3) is 0 Å². The molecule has 104 valence electrons. The van der Waals surface area contributed by atoms with Gasteiger partial charge in [-0.3, -0.25) is 4.79 Å². The number of benzene rings is 1. The third kappa shape index (κ3) is 3.94. The lowest BCUT2D eigenvalue weighted by atomic mass is 10.2. The zero-order chi connectivity index (χ0) is 13.8. The molecule has 1 aliphatic rings. The van der Waals surface area contributed by atoms with Gasteiger partial charge in [-0.2, -0.15) is 0 Å². The van der Waals surface area contributed by atoms with Crippen molar-refractivity contribution in [3.05, 3.63) is 28.2 Å². The Bertz CT molecular complexity index is 465. The van der Waals surface area contributed by atoms with E-state index in [1.165, 1.54) is 11.3 Å². The van der Waals surface area contributed by atoms with Crippen LogP contribution in [0.25, 0.3) is 0 Å². The molecule has 1 atom stereocenters. The Kier molecular flexibility index (Phi) is 4.82. The van der Waals surface area contributed by atoms with Crippen molar-refractivity contribution in [1.82, 2.24) is 5.32 Å². The molecule has 1 aromatic carbocycles. The zero-order valence-corrected chi connectivity index (χ0v) is 12.6. The normalized spacial score (nSPS) is 18.8. The van der Waals surface area contributed by atoms with Crippen LogP contribution in [-0.4, -0.2) is 36.8 Å². The molecule has 0 saturated carbocycles. The fourth-order valence-electron chi connectivity index (χ4n) is 2.50. The monoisotopic (exact) mass is 326 g/mol. The minimum atomic E-state index is -0.744. The van der Waals surface area contributed by atoms with Crippen LogP contribution in [-0.2, 0) is 4.79 Å². The first kappa shape index (κ1) is 14.3. The Labute approximate surface area is 121 Å². The summed E-state index contributed by atoms with van der Waals surface area (Å²) in [6.45, 7) is 4.63. The maximum atomic E-state index is 10.5. The van der Waals surface area contributed by atoms with Crippen LogP contribution in [0.4, 0.5) is 5.69 Å². The summed E-state index contributed by atoms with van der Waals surface area (Å²) in [4.78, 5) is 12.8. The van der Waals surface area contributed by atoms with Gasteiger partial charge in [-0.05, 0) is 37.1 Å². The fourth-order valence-corrected chi connectivity index (χ4v) is 2.98. The van der Waals surface area contributed by atoms with Gasteiger partial charge < -0.3 is 15.3 Å². The van der Waals surface area contributed by atoms with Gasteiger partial charge in [0.05, 0.1) is 6.42 Å². The number of hydrogen-bond donors (Lipinski definition) is 2. The maximum Gasteiger partial charge on any atom is 0.304 e. The summed E-state index contributed by atoms with van der Waals surface area (Å²) in [5.41, 5.74) is 2.53. The summed E-state index contributed by atoms with van der Waals surface area (Å²) in [6.07, 6.45) is 1.25. The highest BCUT2D eigenvalue weighted by molar-refractivity contribution is 9.10. The van der Waals surface area contributed by atoms with Gasteiger partial charge in [0.1, 0.15) is 0 Å². The molecule has 4 nitrogen and oxygen atoms in total. The van der Waals surface area contributed by atoms with Crippen LogP contribution >= 0.6 is 15.9 Å². The molecule has 1 unspecified atom stereocenters. The molecule has 1 saturated heterocycles. The number of rotatable bonds is 5. The summed E-state index contributed by atoms with van der Waals surface area (Å²) >= 11 is 3.48. The highest BCUT2D eigenvalue weighted by atomic mass is 79.9. The molecule has 19 heavy (non-hydrogen) atoms. The van der Waals surface area contributed by atoms with Crippen molar-refractivity contribution < 1.29 is 9.90 Å². The zero-order valence-electron chi connectivity index (χ0n) is 11.0. The minimum absolute atomic E-state index is 0.188. The molecule has 1 heterocycles. The van der Waals surface area contributed by atoms with Crippen LogP contribution in [0.3, 0.4) is 0 Å². The van der Waals surface area contributed by atoms with Crippen LogP contribution in [0, 0.1) is 6.92 Å². The van der Waals surface area contributed by atoms with E-state index in [1.54, 1.807) is 0 Å². The fraction of sp³-hybridized carbons (Fsp3) is 0.500. The Morgan fingerprint density at radius 1 is 1.58 bits per heavy atom. The van der Waals surface area contributed by atoms with Crippen LogP contribution in [0.15, 0.2) is 22.7 Å². The quantitative estimate of drug-likeness (QED) is 0.872. The van der Waals surface area contributed by atoms with E-state index in [1.807, 2.05) is 0 Å². The molecule has 1 aromatic rings. The van der Waals surface area contributed by atoms with Gasteiger partial charge >= 0.3 is 5.97 Å². The predicted molar refractivity (Wildman–Crippen MR) is 79.8 cm³/mol. The molecule has 2 rings (SSSR count). The molecule has 0 bridgehead atoms. The van der Waals surface area contributed by atoms with Gasteiger partial charge in [0, 0.05) is 35.8 Å². The van der Waals surface area contributed by atoms with Gasteiger partial charge in [-0.15, -0.1) is 0 Å². The standard InChI is InChI=1S/C14H19BrN2O2/c1-10-8-11(15)2-3-13(10)17-7-5-12(9-17)16-6-4-14(18)19/h2-3,8,12,16H,4-7,9H2,1H3,(H,18,19). The number of halogens is 1. The minimum Gasteiger partial charge on any atom is -0.481 e. The number of carboxylic acid groups (broad SMARTS) is 1. The van der Waals surface area contributed by atoms with E-state index < -0.39 is 5.97 Å². The predicted octanol–water partition coefficient (Wildman–Crippen LogP) is 2.40. The lowest BCUT2D eigenvalue weighted by molar-refractivity contribution is -0.136. The number of nitrogens with zero attached hydrogens (tertiary/aromatic N) is 1. The van der Waals surface area contributed by atoms with E-state index in [4.69, 9.17) is 5.11 Å². The second kappa shape index (κ2) is 6.39. The van der Waals surface area contributed by atoms with Crippen LogP contribution in [0.5, 0.6) is 0 Å². The van der Waals surface area contributed by atoms with Crippen molar-refractivity contribution in [2.75, 3.05) is 24.5 Å². The van der Waals surface area contributed by atoms with E-state index in [-0.39, 0.29) is 6.42 Å². The summed E-state index contributed by atoms with van der Waals surface area (Å²) in [6, 6.07) is 6.72. The van der Waals surface area contributed by atoms with Crippen LogP contribution in [0.1, 0.15) is 18.4 Å². The molecule has 5 heteroatoms. The molecule has 0 aromatic heterocycles. The van der Waals surface area contributed by atoms with Crippen LogP contribution in [0.2, 0.25) is 0 Å². The van der Waals surface area contributed by atoms with Crippen molar-refractivity contribution >= 4 is 27.6 Å². The molecule has 0 spiro atoms. The third-order valence-electron chi connectivity index (χ3n) is 3.46. The highest BCUT2D eigenvalue weighted by Crippen LogP contribution is 2.26. The lowest BCUT2D eigenvalue weighted by Gasteiger charge is -2.21.